The van der Waals surface area contributed by atoms with Crippen molar-refractivity contribution >= 4 is 17.3 Å². The maximum absolute atomic E-state index is 5.57. The summed E-state index contributed by atoms with van der Waals surface area (Å²) in [4.78, 5) is 1.99. The summed E-state index contributed by atoms with van der Waals surface area (Å²) >= 11 is 4.94. The lowest BCUT2D eigenvalue weighted by atomic mass is 10.1. The molecule has 14 heavy (non-hydrogen) atoms. The molecule has 2 N–H and O–H groups in total. The van der Waals surface area contributed by atoms with Crippen LogP contribution >= 0.6 is 12.2 Å². The molecule has 0 spiro atoms. The smallest absolute Gasteiger partial charge is 0.166 e. The number of nitrogens with two attached hydrogens (primary N) is 1. The van der Waals surface area contributed by atoms with E-state index in [0.717, 1.165) is 13.1 Å². The summed E-state index contributed by atoms with van der Waals surface area (Å²) in [6.07, 6.45) is 8.20. The van der Waals surface area contributed by atoms with Crippen LogP contribution in [0.4, 0.5) is 0 Å². The molecule has 0 unspecified atom stereocenters. The standard InChI is InChI=1S/C11H22N2S/c1-3-5-6-7-8-10-13(9-4-2)11(12)14/h4H,2-3,5-10H2,1H3,(H2,12,14). The third-order valence-corrected chi connectivity index (χ3v) is 2.45. The molecule has 0 aliphatic carbocycles. The Hall–Kier alpha value is -0.570. The van der Waals surface area contributed by atoms with Crippen molar-refractivity contribution in [2.24, 2.45) is 5.73 Å². The topological polar surface area (TPSA) is 29.3 Å². The number of hydrogen-bond acceptors (Lipinski definition) is 1. The third-order valence-electron chi connectivity index (χ3n) is 2.19. The second-order valence-corrected chi connectivity index (χ2v) is 3.91. The highest BCUT2D eigenvalue weighted by atomic mass is 32.1. The van der Waals surface area contributed by atoms with Crippen LogP contribution in [0.2, 0.25) is 0 Å². The van der Waals surface area contributed by atoms with Crippen molar-refractivity contribution in [3.8, 4) is 0 Å². The van der Waals surface area contributed by atoms with Gasteiger partial charge in [0.05, 0.1) is 0 Å². The summed E-state index contributed by atoms with van der Waals surface area (Å²) in [6.45, 7) is 7.64. The molecule has 0 bridgehead atoms. The highest BCUT2D eigenvalue weighted by Gasteiger charge is 2.02. The molecule has 0 aliphatic rings. The zero-order valence-corrected chi connectivity index (χ0v) is 9.98. The maximum atomic E-state index is 5.57. The maximum Gasteiger partial charge on any atom is 0.166 e. The van der Waals surface area contributed by atoms with Crippen molar-refractivity contribution in [1.29, 1.82) is 0 Å². The number of thiocarbonyl (C=S) groups is 1. The van der Waals surface area contributed by atoms with Gasteiger partial charge in [0, 0.05) is 13.1 Å². The SMILES string of the molecule is C=CCN(CCCCCCC)C(N)=S. The fraction of sp³-hybridized carbons (Fsp3) is 0.727. The average Bonchev–Trinajstić information content (AvgIpc) is 2.15. The second-order valence-electron chi connectivity index (χ2n) is 3.49. The molecule has 0 fully saturated rings. The van der Waals surface area contributed by atoms with Crippen molar-refractivity contribution in [3.05, 3.63) is 12.7 Å². The van der Waals surface area contributed by atoms with E-state index in [1.807, 2.05) is 11.0 Å². The number of nitrogens with zero attached hydrogens (tertiary/aromatic N) is 1. The van der Waals surface area contributed by atoms with E-state index in [2.05, 4.69) is 13.5 Å². The van der Waals surface area contributed by atoms with Crippen molar-refractivity contribution < 1.29 is 0 Å². The minimum absolute atomic E-state index is 0.486. The first kappa shape index (κ1) is 13.4. The van der Waals surface area contributed by atoms with Crippen molar-refractivity contribution in [3.63, 3.8) is 0 Å². The third kappa shape index (κ3) is 6.89. The van der Waals surface area contributed by atoms with Gasteiger partial charge in [0.2, 0.25) is 0 Å². The highest BCUT2D eigenvalue weighted by molar-refractivity contribution is 7.80. The Morgan fingerprint density at radius 3 is 2.50 bits per heavy atom. The molecule has 0 atom stereocenters. The fourth-order valence-electron chi connectivity index (χ4n) is 1.35. The number of rotatable bonds is 8. The van der Waals surface area contributed by atoms with Crippen molar-refractivity contribution in [2.75, 3.05) is 13.1 Å². The molecule has 0 amide bonds. The van der Waals surface area contributed by atoms with Gasteiger partial charge in [0.15, 0.2) is 5.11 Å². The Balaban J connectivity index is 3.50. The number of hydrogen-bond donors (Lipinski definition) is 1. The molecule has 0 saturated heterocycles. The lowest BCUT2D eigenvalue weighted by molar-refractivity contribution is 0.438. The van der Waals surface area contributed by atoms with Crippen molar-refractivity contribution in [1.82, 2.24) is 4.90 Å². The molecular formula is C11H22N2S. The van der Waals surface area contributed by atoms with E-state index < -0.39 is 0 Å². The number of unbranched alkanes of at least 4 members (excludes halogenated alkanes) is 4. The van der Waals surface area contributed by atoms with Gasteiger partial charge in [0.25, 0.3) is 0 Å². The van der Waals surface area contributed by atoms with Gasteiger partial charge in [-0.05, 0) is 18.6 Å². The predicted molar refractivity (Wildman–Crippen MR) is 67.3 cm³/mol. The molecule has 0 heterocycles. The molecule has 0 aliphatic heterocycles. The Morgan fingerprint density at radius 2 is 2.00 bits per heavy atom. The first-order valence-corrected chi connectivity index (χ1v) is 5.78. The van der Waals surface area contributed by atoms with Crippen LogP contribution in [0.15, 0.2) is 12.7 Å². The van der Waals surface area contributed by atoms with Gasteiger partial charge >= 0.3 is 0 Å². The summed E-state index contributed by atoms with van der Waals surface area (Å²) in [7, 11) is 0. The summed E-state index contributed by atoms with van der Waals surface area (Å²) in [6, 6.07) is 0. The Labute approximate surface area is 93.2 Å². The van der Waals surface area contributed by atoms with Gasteiger partial charge in [0.1, 0.15) is 0 Å². The Morgan fingerprint density at radius 1 is 1.36 bits per heavy atom. The van der Waals surface area contributed by atoms with E-state index in [0.29, 0.717) is 5.11 Å². The van der Waals surface area contributed by atoms with E-state index in [1.165, 1.54) is 32.1 Å². The molecular weight excluding hydrogens is 192 g/mol. The highest BCUT2D eigenvalue weighted by Crippen LogP contribution is 2.03. The van der Waals surface area contributed by atoms with Gasteiger partial charge in [-0.3, -0.25) is 0 Å². The van der Waals surface area contributed by atoms with E-state index in [9.17, 15) is 0 Å². The van der Waals surface area contributed by atoms with Crippen LogP contribution in [-0.4, -0.2) is 23.1 Å². The van der Waals surface area contributed by atoms with Crippen LogP contribution in [0.1, 0.15) is 39.0 Å². The summed E-state index contributed by atoms with van der Waals surface area (Å²) in [5.74, 6) is 0. The van der Waals surface area contributed by atoms with Crippen LogP contribution in [-0.2, 0) is 0 Å². The van der Waals surface area contributed by atoms with Gasteiger partial charge in [-0.15, -0.1) is 6.58 Å². The van der Waals surface area contributed by atoms with Gasteiger partial charge < -0.3 is 10.6 Å². The summed E-state index contributed by atoms with van der Waals surface area (Å²) in [5.41, 5.74) is 5.57. The molecule has 3 heteroatoms. The van der Waals surface area contributed by atoms with Gasteiger partial charge in [-0.1, -0.05) is 38.7 Å². The minimum atomic E-state index is 0.486. The van der Waals surface area contributed by atoms with Gasteiger partial charge in [-0.2, -0.15) is 0 Å². The molecule has 0 aromatic rings. The van der Waals surface area contributed by atoms with Crippen LogP contribution < -0.4 is 5.73 Å². The zero-order valence-electron chi connectivity index (χ0n) is 9.17. The lowest BCUT2D eigenvalue weighted by Gasteiger charge is -2.20. The Kier molecular flexibility index (Phi) is 8.64. The molecule has 0 aromatic heterocycles. The first-order chi connectivity index (χ1) is 6.72. The summed E-state index contributed by atoms with van der Waals surface area (Å²) < 4.78 is 0. The monoisotopic (exact) mass is 214 g/mol. The quantitative estimate of drug-likeness (QED) is 0.383. The Bertz CT molecular complexity index is 169. The second kappa shape index (κ2) is 9.00. The van der Waals surface area contributed by atoms with Crippen molar-refractivity contribution in [2.45, 2.75) is 39.0 Å². The molecule has 0 radical (unpaired) electrons. The predicted octanol–water partition coefficient (Wildman–Crippen LogP) is 2.69. The first-order valence-electron chi connectivity index (χ1n) is 5.37. The molecule has 0 rings (SSSR count). The molecule has 0 aromatic carbocycles. The van der Waals surface area contributed by atoms with Gasteiger partial charge in [-0.25, -0.2) is 0 Å². The minimum Gasteiger partial charge on any atom is -0.376 e. The van der Waals surface area contributed by atoms with E-state index in [4.69, 9.17) is 18.0 Å². The van der Waals surface area contributed by atoms with Crippen LogP contribution in [0.5, 0.6) is 0 Å². The van der Waals surface area contributed by atoms with Crippen LogP contribution in [0.3, 0.4) is 0 Å². The summed E-state index contributed by atoms with van der Waals surface area (Å²) in [5, 5.41) is 0.486. The molecule has 82 valence electrons. The molecule has 0 saturated carbocycles. The average molecular weight is 214 g/mol. The molecule has 2 nitrogen and oxygen atoms in total. The zero-order chi connectivity index (χ0) is 10.8. The van der Waals surface area contributed by atoms with Crippen LogP contribution in [0, 0.1) is 0 Å². The van der Waals surface area contributed by atoms with E-state index in [-0.39, 0.29) is 0 Å². The largest absolute Gasteiger partial charge is 0.376 e. The normalized spacial score (nSPS) is 9.79. The fourth-order valence-corrected chi connectivity index (χ4v) is 1.52. The lowest BCUT2D eigenvalue weighted by Crippen LogP contribution is -2.36. The van der Waals surface area contributed by atoms with Crippen LogP contribution in [0.25, 0.3) is 0 Å². The van der Waals surface area contributed by atoms with E-state index >= 15 is 0 Å². The van der Waals surface area contributed by atoms with E-state index in [1.54, 1.807) is 0 Å².